The van der Waals surface area contributed by atoms with E-state index in [4.69, 9.17) is 22.4 Å². The molecule has 0 aromatic rings. The van der Waals surface area contributed by atoms with Crippen LogP contribution in [0.25, 0.3) is 0 Å². The van der Waals surface area contributed by atoms with Gasteiger partial charge in [0.15, 0.2) is 0 Å². The Bertz CT molecular complexity index is 158. The molecule has 0 aromatic heterocycles. The molecule has 0 aliphatic carbocycles. The Labute approximate surface area is 79.7 Å². The highest BCUT2D eigenvalue weighted by Crippen LogP contribution is 2.13. The molecule has 0 aromatic carbocycles. The van der Waals surface area contributed by atoms with Crippen molar-refractivity contribution < 1.29 is 22.4 Å². The largest absolute Gasteiger partial charge is 0.750 e. The van der Waals surface area contributed by atoms with Gasteiger partial charge in [-0.25, -0.2) is 0 Å². The molecule has 0 bridgehead atoms. The molecule has 5 nitrogen and oxygen atoms in total. The summed E-state index contributed by atoms with van der Waals surface area (Å²) >= 11 is 0. The predicted molar refractivity (Wildman–Crippen MR) is 48.6 cm³/mol. The zero-order chi connectivity index (χ0) is 10.3. The lowest BCUT2D eigenvalue weighted by Crippen LogP contribution is -2.46. The topological polar surface area (TPSA) is 46.2 Å². The molecule has 0 saturated carbocycles. The molecule has 0 aliphatic heterocycles. The third-order valence-electron chi connectivity index (χ3n) is 1.41. The SMILES string of the molecule is C/C=C(/OC)O[Si](OC)(OC)OC. The van der Waals surface area contributed by atoms with Crippen molar-refractivity contribution in [3.8, 4) is 0 Å². The van der Waals surface area contributed by atoms with Gasteiger partial charge in [0.2, 0.25) is 0 Å². The molecule has 0 unspecified atom stereocenters. The smallest absolute Gasteiger partial charge is 0.470 e. The van der Waals surface area contributed by atoms with Crippen molar-refractivity contribution in [3.63, 3.8) is 0 Å². The minimum absolute atomic E-state index is 0.317. The van der Waals surface area contributed by atoms with Crippen molar-refractivity contribution in [3.05, 3.63) is 12.0 Å². The monoisotopic (exact) mass is 208 g/mol. The first-order valence-electron chi connectivity index (χ1n) is 3.72. The summed E-state index contributed by atoms with van der Waals surface area (Å²) < 4.78 is 25.3. The summed E-state index contributed by atoms with van der Waals surface area (Å²) in [6.07, 6.45) is 1.65. The summed E-state index contributed by atoms with van der Waals surface area (Å²) in [5.41, 5.74) is 0. The summed E-state index contributed by atoms with van der Waals surface area (Å²) in [7, 11) is 2.86. The lowest BCUT2D eigenvalue weighted by molar-refractivity contribution is -0.00917. The van der Waals surface area contributed by atoms with Crippen LogP contribution in [0.1, 0.15) is 6.92 Å². The van der Waals surface area contributed by atoms with E-state index >= 15 is 0 Å². The van der Waals surface area contributed by atoms with E-state index in [-0.39, 0.29) is 0 Å². The van der Waals surface area contributed by atoms with E-state index in [1.807, 2.05) is 0 Å². The van der Waals surface area contributed by atoms with Gasteiger partial charge in [-0.3, -0.25) is 0 Å². The fourth-order valence-corrected chi connectivity index (χ4v) is 1.91. The Morgan fingerprint density at radius 3 is 1.69 bits per heavy atom. The van der Waals surface area contributed by atoms with Crippen LogP contribution in [0.15, 0.2) is 12.0 Å². The van der Waals surface area contributed by atoms with Crippen LogP contribution in [0.4, 0.5) is 0 Å². The molecule has 0 saturated heterocycles. The van der Waals surface area contributed by atoms with Crippen molar-refractivity contribution in [1.82, 2.24) is 0 Å². The summed E-state index contributed by atoms with van der Waals surface area (Å²) in [6.45, 7) is 1.78. The van der Waals surface area contributed by atoms with Crippen molar-refractivity contribution in [2.45, 2.75) is 6.92 Å². The molecule has 0 spiro atoms. The van der Waals surface area contributed by atoms with Crippen LogP contribution >= 0.6 is 0 Å². The molecule has 0 fully saturated rings. The average molecular weight is 208 g/mol. The normalized spacial score (nSPS) is 12.8. The average Bonchev–Trinajstić information content (AvgIpc) is 2.21. The molecule has 0 radical (unpaired) electrons. The summed E-state index contributed by atoms with van der Waals surface area (Å²) in [5, 5.41) is 0. The molecule has 0 rings (SSSR count). The van der Waals surface area contributed by atoms with Crippen LogP contribution in [-0.2, 0) is 22.4 Å². The van der Waals surface area contributed by atoms with Crippen molar-refractivity contribution >= 4 is 9.05 Å². The number of hydrogen-bond donors (Lipinski definition) is 0. The zero-order valence-corrected chi connectivity index (χ0v) is 9.62. The van der Waals surface area contributed by atoms with Gasteiger partial charge in [0.1, 0.15) is 0 Å². The highest BCUT2D eigenvalue weighted by molar-refractivity contribution is 6.53. The second-order valence-corrected chi connectivity index (χ2v) is 4.46. The van der Waals surface area contributed by atoms with Gasteiger partial charge >= 0.3 is 9.05 Å². The highest BCUT2D eigenvalue weighted by atomic mass is 28.4. The number of hydrogen-bond acceptors (Lipinski definition) is 5. The Morgan fingerprint density at radius 1 is 1.00 bits per heavy atom. The van der Waals surface area contributed by atoms with Crippen LogP contribution in [-0.4, -0.2) is 37.5 Å². The fourth-order valence-electron chi connectivity index (χ4n) is 0.717. The van der Waals surface area contributed by atoms with E-state index in [1.165, 1.54) is 28.4 Å². The molecule has 0 atom stereocenters. The maximum Gasteiger partial charge on any atom is 0.750 e. The summed E-state index contributed by atoms with van der Waals surface area (Å²) in [4.78, 5) is 0. The van der Waals surface area contributed by atoms with Crippen LogP contribution in [0.5, 0.6) is 0 Å². The van der Waals surface area contributed by atoms with E-state index in [0.29, 0.717) is 5.95 Å². The maximum atomic E-state index is 5.30. The Balaban J connectivity index is 4.40. The fraction of sp³-hybridized carbons (Fsp3) is 0.714. The van der Waals surface area contributed by atoms with Crippen LogP contribution in [0, 0.1) is 0 Å². The van der Waals surface area contributed by atoms with Gasteiger partial charge in [-0.2, -0.15) is 0 Å². The molecule has 6 heteroatoms. The minimum Gasteiger partial charge on any atom is -0.470 e. The first kappa shape index (κ1) is 12.4. The predicted octanol–water partition coefficient (Wildman–Crippen LogP) is 0.885. The van der Waals surface area contributed by atoms with Gasteiger partial charge in [0, 0.05) is 21.3 Å². The molecule has 0 heterocycles. The minimum atomic E-state index is -3.02. The lowest BCUT2D eigenvalue weighted by atomic mass is 10.7. The van der Waals surface area contributed by atoms with E-state index in [2.05, 4.69) is 0 Å². The molecular weight excluding hydrogens is 192 g/mol. The van der Waals surface area contributed by atoms with Crippen molar-refractivity contribution in [2.75, 3.05) is 28.4 Å². The number of ether oxygens (including phenoxy) is 1. The number of rotatable bonds is 6. The van der Waals surface area contributed by atoms with Crippen LogP contribution < -0.4 is 0 Å². The van der Waals surface area contributed by atoms with Gasteiger partial charge in [-0.05, 0) is 13.0 Å². The first-order valence-corrected chi connectivity index (χ1v) is 5.36. The molecular formula is C7H16O5Si. The Morgan fingerprint density at radius 2 is 1.46 bits per heavy atom. The zero-order valence-electron chi connectivity index (χ0n) is 8.62. The van der Waals surface area contributed by atoms with E-state index in [1.54, 1.807) is 13.0 Å². The standard InChI is InChI=1S/C7H16O5Si/c1-6-7(8-2)12-13(9-3,10-4)11-5/h6H,1-5H3/b7-6-. The molecule has 0 aliphatic rings. The van der Waals surface area contributed by atoms with Crippen molar-refractivity contribution in [1.29, 1.82) is 0 Å². The van der Waals surface area contributed by atoms with Gasteiger partial charge in [-0.1, -0.05) is 0 Å². The Kier molecular flexibility index (Phi) is 5.72. The maximum absolute atomic E-state index is 5.30. The van der Waals surface area contributed by atoms with Crippen molar-refractivity contribution in [2.24, 2.45) is 0 Å². The third-order valence-corrected chi connectivity index (χ3v) is 3.36. The van der Waals surface area contributed by atoms with Crippen LogP contribution in [0.2, 0.25) is 0 Å². The van der Waals surface area contributed by atoms with E-state index in [0.717, 1.165) is 0 Å². The van der Waals surface area contributed by atoms with Gasteiger partial charge in [-0.15, -0.1) is 0 Å². The number of allylic oxidation sites excluding steroid dienone is 1. The first-order chi connectivity index (χ1) is 6.17. The number of methoxy groups -OCH3 is 1. The van der Waals surface area contributed by atoms with Gasteiger partial charge in [0.05, 0.1) is 7.11 Å². The summed E-state index contributed by atoms with van der Waals surface area (Å²) in [6, 6.07) is 0. The van der Waals surface area contributed by atoms with E-state index < -0.39 is 9.05 Å². The van der Waals surface area contributed by atoms with Gasteiger partial charge in [0.25, 0.3) is 5.95 Å². The molecule has 0 N–H and O–H groups in total. The lowest BCUT2D eigenvalue weighted by Gasteiger charge is -2.23. The van der Waals surface area contributed by atoms with E-state index in [9.17, 15) is 0 Å². The summed E-state index contributed by atoms with van der Waals surface area (Å²) in [5.74, 6) is 0.317. The molecule has 0 amide bonds. The third kappa shape index (κ3) is 3.35. The highest BCUT2D eigenvalue weighted by Gasteiger charge is 2.46. The van der Waals surface area contributed by atoms with Gasteiger partial charge < -0.3 is 22.4 Å². The molecule has 13 heavy (non-hydrogen) atoms. The quantitative estimate of drug-likeness (QED) is 0.479. The van der Waals surface area contributed by atoms with Crippen LogP contribution in [0.3, 0.4) is 0 Å². The second-order valence-electron chi connectivity index (χ2n) is 2.03. The Hall–Kier alpha value is -0.563. The molecule has 78 valence electrons. The second kappa shape index (κ2) is 5.98.